The number of Topliss-reactive ketones (excluding diaryl/α,β-unsaturated/α-hetero) is 1. The Morgan fingerprint density at radius 3 is 2.39 bits per heavy atom. The number of hydrogen-bond donors (Lipinski definition) is 1. The number of hydrogen-bond acceptors (Lipinski definition) is 6. The summed E-state index contributed by atoms with van der Waals surface area (Å²) in [5.41, 5.74) is 0.464. The summed E-state index contributed by atoms with van der Waals surface area (Å²) in [6.07, 6.45) is 1.58. The fourth-order valence-electron chi connectivity index (χ4n) is 1.83. The number of carbonyl (C=O) groups excluding carboxylic acids is 1. The Hall–Kier alpha value is -2.32. The van der Waals surface area contributed by atoms with Gasteiger partial charge in [0.2, 0.25) is 10.0 Å². The van der Waals surface area contributed by atoms with Gasteiger partial charge in [-0.15, -0.1) is 0 Å². The molecular weight excluding hydrogens is 316 g/mol. The highest BCUT2D eigenvalue weighted by Crippen LogP contribution is 2.12. The molecule has 0 fully saturated rings. The van der Waals surface area contributed by atoms with Gasteiger partial charge in [0.15, 0.2) is 5.78 Å². The molecule has 1 aromatic carbocycles. The smallest absolute Gasteiger partial charge is 0.240 e. The number of aromatic nitrogens is 2. The van der Waals surface area contributed by atoms with Crippen molar-refractivity contribution in [1.82, 2.24) is 14.7 Å². The van der Waals surface area contributed by atoms with Gasteiger partial charge in [0, 0.05) is 25.9 Å². The molecule has 0 aliphatic rings. The topological polar surface area (TPSA) is 92.3 Å². The lowest BCUT2D eigenvalue weighted by Gasteiger charge is -2.12. The number of ketones is 1. The normalized spacial score (nSPS) is 11.3. The average Bonchev–Trinajstić information content (AvgIpc) is 2.53. The van der Waals surface area contributed by atoms with Crippen molar-refractivity contribution < 1.29 is 13.2 Å². The van der Waals surface area contributed by atoms with Crippen LogP contribution in [0.15, 0.2) is 41.4 Å². The van der Waals surface area contributed by atoms with Gasteiger partial charge in [0.25, 0.3) is 0 Å². The predicted octanol–water partition coefficient (Wildman–Crippen LogP) is 1.22. The predicted molar refractivity (Wildman–Crippen MR) is 86.8 cm³/mol. The molecule has 1 N–H and O–H groups in total. The van der Waals surface area contributed by atoms with Crippen LogP contribution in [0, 0.1) is 0 Å². The van der Waals surface area contributed by atoms with E-state index in [1.54, 1.807) is 17.2 Å². The zero-order chi connectivity index (χ0) is 17.0. The zero-order valence-electron chi connectivity index (χ0n) is 13.1. The van der Waals surface area contributed by atoms with E-state index in [1.165, 1.54) is 31.2 Å². The van der Waals surface area contributed by atoms with E-state index >= 15 is 0 Å². The van der Waals surface area contributed by atoms with Gasteiger partial charge in [-0.3, -0.25) is 4.79 Å². The van der Waals surface area contributed by atoms with Crippen LogP contribution in [-0.4, -0.2) is 38.3 Å². The van der Waals surface area contributed by atoms with E-state index in [1.807, 2.05) is 14.1 Å². The maximum atomic E-state index is 12.2. The molecule has 2 rings (SSSR count). The molecule has 0 radical (unpaired) electrons. The highest BCUT2D eigenvalue weighted by molar-refractivity contribution is 7.89. The first-order valence-electron chi connectivity index (χ1n) is 6.89. The third-order valence-electron chi connectivity index (χ3n) is 3.14. The van der Waals surface area contributed by atoms with E-state index in [9.17, 15) is 13.2 Å². The monoisotopic (exact) mass is 334 g/mol. The molecule has 122 valence electrons. The summed E-state index contributed by atoms with van der Waals surface area (Å²) in [7, 11) is -0.00866. The molecule has 7 nitrogen and oxygen atoms in total. The molecule has 0 saturated heterocycles. The Bertz CT molecular complexity index is 802. The number of sulfonamides is 1. The third-order valence-corrected chi connectivity index (χ3v) is 4.56. The quantitative estimate of drug-likeness (QED) is 0.799. The fourth-order valence-corrected chi connectivity index (χ4v) is 2.81. The number of nitrogens with one attached hydrogen (secondary N) is 1. The highest BCUT2D eigenvalue weighted by atomic mass is 32.2. The number of rotatable bonds is 6. The summed E-state index contributed by atoms with van der Waals surface area (Å²) in [6.45, 7) is 1.41. The van der Waals surface area contributed by atoms with Gasteiger partial charge in [-0.1, -0.05) is 12.1 Å². The summed E-state index contributed by atoms with van der Waals surface area (Å²) >= 11 is 0. The van der Waals surface area contributed by atoms with Crippen LogP contribution in [0.4, 0.5) is 5.82 Å². The summed E-state index contributed by atoms with van der Waals surface area (Å²) in [5.74, 6) is 0.955. The molecule has 0 aliphatic heterocycles. The first-order chi connectivity index (χ1) is 10.8. The standard InChI is InChI=1S/C15H18N4O3S/c1-11(20)12-4-6-13(7-5-12)23(21,22)17-10-14-16-9-8-15(18-14)19(2)3/h4-9,17H,10H2,1-3H3. The minimum Gasteiger partial charge on any atom is -0.363 e. The number of anilines is 1. The van der Waals surface area contributed by atoms with E-state index < -0.39 is 10.0 Å². The van der Waals surface area contributed by atoms with E-state index in [0.29, 0.717) is 17.2 Å². The second-order valence-corrected chi connectivity index (χ2v) is 6.90. The molecule has 0 saturated carbocycles. The van der Waals surface area contributed by atoms with Crippen LogP contribution in [-0.2, 0) is 16.6 Å². The molecular formula is C15H18N4O3S. The largest absolute Gasteiger partial charge is 0.363 e. The van der Waals surface area contributed by atoms with Gasteiger partial charge in [0.05, 0.1) is 11.4 Å². The number of carbonyl (C=O) groups is 1. The molecule has 0 atom stereocenters. The maximum Gasteiger partial charge on any atom is 0.240 e. The fraction of sp³-hybridized carbons (Fsp3) is 0.267. The Labute approximate surface area is 135 Å². The molecule has 23 heavy (non-hydrogen) atoms. The van der Waals surface area contributed by atoms with Crippen molar-refractivity contribution in [3.05, 3.63) is 47.9 Å². The van der Waals surface area contributed by atoms with Gasteiger partial charge < -0.3 is 4.90 Å². The number of benzene rings is 1. The van der Waals surface area contributed by atoms with E-state index in [-0.39, 0.29) is 17.2 Å². The average molecular weight is 334 g/mol. The minimum atomic E-state index is -3.69. The maximum absolute atomic E-state index is 12.2. The molecule has 0 unspecified atom stereocenters. The van der Waals surface area contributed by atoms with Crippen molar-refractivity contribution in [1.29, 1.82) is 0 Å². The molecule has 0 bridgehead atoms. The highest BCUT2D eigenvalue weighted by Gasteiger charge is 2.15. The molecule has 8 heteroatoms. The summed E-state index contributed by atoms with van der Waals surface area (Å²) < 4.78 is 26.9. The van der Waals surface area contributed by atoms with Crippen molar-refractivity contribution >= 4 is 21.6 Å². The van der Waals surface area contributed by atoms with Gasteiger partial charge in [-0.05, 0) is 25.1 Å². The second kappa shape index (κ2) is 6.84. The van der Waals surface area contributed by atoms with Gasteiger partial charge >= 0.3 is 0 Å². The Kier molecular flexibility index (Phi) is 5.07. The van der Waals surface area contributed by atoms with Crippen LogP contribution in [0.5, 0.6) is 0 Å². The Morgan fingerprint density at radius 1 is 1.17 bits per heavy atom. The number of nitrogens with zero attached hydrogens (tertiary/aromatic N) is 3. The van der Waals surface area contributed by atoms with Gasteiger partial charge in [-0.2, -0.15) is 0 Å². The van der Waals surface area contributed by atoms with Crippen molar-refractivity contribution in [3.8, 4) is 0 Å². The summed E-state index contributed by atoms with van der Waals surface area (Å²) in [4.78, 5) is 21.4. The molecule has 1 aromatic heterocycles. The van der Waals surface area contributed by atoms with Crippen molar-refractivity contribution in [2.75, 3.05) is 19.0 Å². The van der Waals surface area contributed by atoms with Gasteiger partial charge in [0.1, 0.15) is 11.6 Å². The first-order valence-corrected chi connectivity index (χ1v) is 8.38. The van der Waals surface area contributed by atoms with Crippen LogP contribution < -0.4 is 9.62 Å². The van der Waals surface area contributed by atoms with Crippen molar-refractivity contribution in [2.45, 2.75) is 18.4 Å². The van der Waals surface area contributed by atoms with Crippen LogP contribution in [0.2, 0.25) is 0 Å². The lowest BCUT2D eigenvalue weighted by atomic mass is 10.2. The third kappa shape index (κ3) is 4.33. The van der Waals surface area contributed by atoms with Crippen molar-refractivity contribution in [3.63, 3.8) is 0 Å². The first kappa shape index (κ1) is 17.0. The van der Waals surface area contributed by atoms with E-state index in [4.69, 9.17) is 0 Å². The van der Waals surface area contributed by atoms with Crippen LogP contribution in [0.25, 0.3) is 0 Å². The SMILES string of the molecule is CC(=O)c1ccc(S(=O)(=O)NCc2nccc(N(C)C)n2)cc1. The summed E-state index contributed by atoms with van der Waals surface area (Å²) in [5, 5.41) is 0. The Balaban J connectivity index is 2.12. The van der Waals surface area contributed by atoms with E-state index in [2.05, 4.69) is 14.7 Å². The van der Waals surface area contributed by atoms with Crippen LogP contribution in [0.1, 0.15) is 23.1 Å². The van der Waals surface area contributed by atoms with Crippen LogP contribution >= 0.6 is 0 Å². The second-order valence-electron chi connectivity index (χ2n) is 5.13. The zero-order valence-corrected chi connectivity index (χ0v) is 14.0. The van der Waals surface area contributed by atoms with Gasteiger partial charge in [-0.25, -0.2) is 23.1 Å². The van der Waals surface area contributed by atoms with E-state index in [0.717, 1.165) is 0 Å². The molecule has 0 amide bonds. The lowest BCUT2D eigenvalue weighted by molar-refractivity contribution is 0.101. The molecule has 1 heterocycles. The van der Waals surface area contributed by atoms with Crippen LogP contribution in [0.3, 0.4) is 0 Å². The lowest BCUT2D eigenvalue weighted by Crippen LogP contribution is -2.24. The molecule has 2 aromatic rings. The Morgan fingerprint density at radius 2 is 1.83 bits per heavy atom. The summed E-state index contributed by atoms with van der Waals surface area (Å²) in [6, 6.07) is 7.50. The van der Waals surface area contributed by atoms with Crippen molar-refractivity contribution in [2.24, 2.45) is 0 Å². The minimum absolute atomic E-state index is 0.0154. The molecule has 0 aliphatic carbocycles. The molecule has 0 spiro atoms.